The van der Waals surface area contributed by atoms with Gasteiger partial charge in [-0.1, -0.05) is 24.2 Å². The first kappa shape index (κ1) is 11.7. The lowest BCUT2D eigenvalue weighted by Gasteiger charge is -2.04. The van der Waals surface area contributed by atoms with Gasteiger partial charge in [0, 0.05) is 0 Å². The van der Waals surface area contributed by atoms with Crippen LogP contribution in [0.25, 0.3) is 6.08 Å². The number of ether oxygens (including phenoxy) is 1. The van der Waals surface area contributed by atoms with Crippen LogP contribution < -0.4 is 4.74 Å². The van der Waals surface area contributed by atoms with E-state index in [0.717, 1.165) is 5.98 Å². The fraction of sp³-hybridized carbons (Fsp3) is 0.111. The van der Waals surface area contributed by atoms with Crippen molar-refractivity contribution in [2.75, 3.05) is 0 Å². The second-order valence-electron chi connectivity index (χ2n) is 2.72. The summed E-state index contributed by atoms with van der Waals surface area (Å²) in [7, 11) is -1.57. The Morgan fingerprint density at radius 3 is 2.67 bits per heavy atom. The van der Waals surface area contributed by atoms with E-state index < -0.39 is 13.7 Å². The SMILES string of the molecule is OB(O)/C=C/c1cccc(OC(F)F)c1. The Kier molecular flexibility index (Phi) is 4.26. The lowest BCUT2D eigenvalue weighted by molar-refractivity contribution is -0.0498. The fourth-order valence-electron chi connectivity index (χ4n) is 0.992. The maximum atomic E-state index is 11.8. The maximum absolute atomic E-state index is 11.8. The van der Waals surface area contributed by atoms with Crippen LogP contribution in [0.15, 0.2) is 30.2 Å². The van der Waals surface area contributed by atoms with Gasteiger partial charge in [0.25, 0.3) is 0 Å². The van der Waals surface area contributed by atoms with Gasteiger partial charge in [0.15, 0.2) is 0 Å². The van der Waals surface area contributed by atoms with E-state index in [1.54, 1.807) is 6.07 Å². The highest BCUT2D eigenvalue weighted by molar-refractivity contribution is 6.48. The molecule has 3 nitrogen and oxygen atoms in total. The normalized spacial score (nSPS) is 11.0. The maximum Gasteiger partial charge on any atom is 0.480 e. The van der Waals surface area contributed by atoms with E-state index in [4.69, 9.17) is 10.0 Å². The van der Waals surface area contributed by atoms with Gasteiger partial charge in [-0.3, -0.25) is 0 Å². The molecule has 1 aromatic rings. The van der Waals surface area contributed by atoms with Crippen molar-refractivity contribution in [2.45, 2.75) is 6.61 Å². The minimum atomic E-state index is -2.87. The van der Waals surface area contributed by atoms with E-state index in [2.05, 4.69) is 4.74 Å². The molecule has 15 heavy (non-hydrogen) atoms. The number of rotatable bonds is 4. The average molecular weight is 214 g/mol. The van der Waals surface area contributed by atoms with Crippen molar-refractivity contribution >= 4 is 13.2 Å². The van der Waals surface area contributed by atoms with Crippen molar-refractivity contribution in [3.63, 3.8) is 0 Å². The van der Waals surface area contributed by atoms with Crippen molar-refractivity contribution in [1.82, 2.24) is 0 Å². The Morgan fingerprint density at radius 1 is 1.33 bits per heavy atom. The van der Waals surface area contributed by atoms with Crippen LogP contribution in [0.5, 0.6) is 5.75 Å². The fourth-order valence-corrected chi connectivity index (χ4v) is 0.992. The Bertz CT molecular complexity index is 342. The van der Waals surface area contributed by atoms with E-state index in [1.807, 2.05) is 0 Å². The predicted octanol–water partition coefficient (Wildman–Crippen LogP) is 1.31. The van der Waals surface area contributed by atoms with E-state index in [9.17, 15) is 8.78 Å². The molecule has 80 valence electrons. The van der Waals surface area contributed by atoms with E-state index in [-0.39, 0.29) is 5.75 Å². The molecule has 0 spiro atoms. The smallest absolute Gasteiger partial charge is 0.435 e. The average Bonchev–Trinajstić information content (AvgIpc) is 2.14. The molecule has 0 aliphatic rings. The first-order valence-corrected chi connectivity index (χ1v) is 4.17. The zero-order chi connectivity index (χ0) is 11.3. The zero-order valence-corrected chi connectivity index (χ0v) is 7.68. The van der Waals surface area contributed by atoms with Gasteiger partial charge in [0.2, 0.25) is 0 Å². The van der Waals surface area contributed by atoms with Crippen LogP contribution in [0.3, 0.4) is 0 Å². The molecule has 1 aromatic carbocycles. The van der Waals surface area contributed by atoms with Crippen molar-refractivity contribution in [3.8, 4) is 5.75 Å². The van der Waals surface area contributed by atoms with Crippen LogP contribution in [-0.2, 0) is 0 Å². The summed E-state index contributed by atoms with van der Waals surface area (Å²) in [5.74, 6) is 1.14. The van der Waals surface area contributed by atoms with Crippen LogP contribution in [0.1, 0.15) is 5.56 Å². The molecule has 0 unspecified atom stereocenters. The molecule has 0 amide bonds. The molecule has 0 bridgehead atoms. The van der Waals surface area contributed by atoms with Crippen LogP contribution >= 0.6 is 0 Å². The topological polar surface area (TPSA) is 49.7 Å². The van der Waals surface area contributed by atoms with Gasteiger partial charge >= 0.3 is 13.7 Å². The first-order chi connectivity index (χ1) is 7.08. The van der Waals surface area contributed by atoms with Crippen LogP contribution in [0, 0.1) is 0 Å². The minimum absolute atomic E-state index is 0.0274. The quantitative estimate of drug-likeness (QED) is 0.743. The molecule has 0 fully saturated rings. The van der Waals surface area contributed by atoms with Gasteiger partial charge < -0.3 is 14.8 Å². The summed E-state index contributed by atoms with van der Waals surface area (Å²) in [6.45, 7) is -2.87. The Balaban J connectivity index is 2.74. The van der Waals surface area contributed by atoms with Crippen molar-refractivity contribution < 1.29 is 23.6 Å². The van der Waals surface area contributed by atoms with Crippen molar-refractivity contribution in [1.29, 1.82) is 0 Å². The highest BCUT2D eigenvalue weighted by Gasteiger charge is 2.04. The number of benzene rings is 1. The summed E-state index contributed by atoms with van der Waals surface area (Å²) >= 11 is 0. The van der Waals surface area contributed by atoms with Gasteiger partial charge in [-0.2, -0.15) is 8.78 Å². The minimum Gasteiger partial charge on any atom is -0.435 e. The molecule has 0 atom stereocenters. The molecule has 0 saturated carbocycles. The first-order valence-electron chi connectivity index (χ1n) is 4.17. The molecule has 0 saturated heterocycles. The predicted molar refractivity (Wildman–Crippen MR) is 52.3 cm³/mol. The van der Waals surface area contributed by atoms with Gasteiger partial charge in [-0.05, 0) is 17.7 Å². The van der Waals surface area contributed by atoms with Gasteiger partial charge in [-0.25, -0.2) is 0 Å². The highest BCUT2D eigenvalue weighted by atomic mass is 19.3. The molecule has 1 rings (SSSR count). The summed E-state index contributed by atoms with van der Waals surface area (Å²) in [5.41, 5.74) is 0.543. The number of hydrogen-bond acceptors (Lipinski definition) is 3. The second-order valence-corrected chi connectivity index (χ2v) is 2.72. The zero-order valence-electron chi connectivity index (χ0n) is 7.68. The monoisotopic (exact) mass is 214 g/mol. The van der Waals surface area contributed by atoms with Gasteiger partial charge in [0.1, 0.15) is 5.75 Å². The summed E-state index contributed by atoms with van der Waals surface area (Å²) < 4.78 is 27.9. The summed E-state index contributed by atoms with van der Waals surface area (Å²) in [5, 5.41) is 17.1. The van der Waals surface area contributed by atoms with E-state index in [0.29, 0.717) is 5.56 Å². The standard InChI is InChI=1S/C9H9BF2O3/c11-9(12)15-8-3-1-2-7(6-8)4-5-10(13)14/h1-6,9,13-14H/b5-4+. The van der Waals surface area contributed by atoms with E-state index in [1.165, 1.54) is 24.3 Å². The van der Waals surface area contributed by atoms with Crippen LogP contribution in [-0.4, -0.2) is 23.8 Å². The second kappa shape index (κ2) is 5.48. The van der Waals surface area contributed by atoms with E-state index >= 15 is 0 Å². The van der Waals surface area contributed by atoms with Crippen molar-refractivity contribution in [3.05, 3.63) is 35.8 Å². The number of hydrogen-bond donors (Lipinski definition) is 2. The van der Waals surface area contributed by atoms with Crippen LogP contribution in [0.4, 0.5) is 8.78 Å². The van der Waals surface area contributed by atoms with Crippen molar-refractivity contribution in [2.24, 2.45) is 0 Å². The highest BCUT2D eigenvalue weighted by Crippen LogP contribution is 2.16. The summed E-state index contributed by atoms with van der Waals surface area (Å²) in [6.07, 6.45) is 1.39. The third-order valence-corrected chi connectivity index (χ3v) is 1.54. The molecular weight excluding hydrogens is 205 g/mol. The van der Waals surface area contributed by atoms with Gasteiger partial charge in [0.05, 0.1) is 0 Å². The van der Waals surface area contributed by atoms with Crippen LogP contribution in [0.2, 0.25) is 0 Å². The van der Waals surface area contributed by atoms with Gasteiger partial charge in [-0.15, -0.1) is 0 Å². The third-order valence-electron chi connectivity index (χ3n) is 1.54. The molecule has 6 heteroatoms. The Labute approximate surface area is 85.8 Å². The Morgan fingerprint density at radius 2 is 2.07 bits per heavy atom. The molecular formula is C9H9BF2O3. The molecule has 0 heterocycles. The Hall–Kier alpha value is -1.40. The largest absolute Gasteiger partial charge is 0.480 e. The molecule has 0 aliphatic heterocycles. The third kappa shape index (κ3) is 4.57. The molecule has 0 aromatic heterocycles. The lowest BCUT2D eigenvalue weighted by atomic mass is 9.91. The molecule has 2 N–H and O–H groups in total. The summed E-state index contributed by atoms with van der Waals surface area (Å²) in [4.78, 5) is 0. The number of alkyl halides is 2. The lowest BCUT2D eigenvalue weighted by Crippen LogP contribution is -2.05. The summed E-state index contributed by atoms with van der Waals surface area (Å²) in [6, 6.07) is 5.91. The molecule has 0 aliphatic carbocycles. The molecule has 0 radical (unpaired) electrons. The number of halogens is 2.